The number of anilines is 1. The average molecular weight is 379 g/mol. The van der Waals surface area contributed by atoms with Crippen LogP contribution in [0.25, 0.3) is 0 Å². The van der Waals surface area contributed by atoms with Crippen LogP contribution in [-0.4, -0.2) is 62.3 Å². The average Bonchev–Trinajstić information content (AvgIpc) is 3.36. The molecule has 3 heterocycles. The van der Waals surface area contributed by atoms with E-state index in [1.54, 1.807) is 11.8 Å². The molecule has 0 bridgehead atoms. The molecule has 9 nitrogen and oxygen atoms in total. The molecule has 142 valence electrons. The highest BCUT2D eigenvalue weighted by Gasteiger charge is 2.34. The van der Waals surface area contributed by atoms with Crippen LogP contribution in [0.2, 0.25) is 0 Å². The molecule has 2 amide bonds. The van der Waals surface area contributed by atoms with Crippen molar-refractivity contribution in [3.63, 3.8) is 0 Å². The fraction of sp³-hybridized carbons (Fsp3) is 0.688. The molecule has 1 aliphatic heterocycles. The van der Waals surface area contributed by atoms with Crippen LogP contribution >= 0.6 is 11.3 Å². The number of likely N-dealkylation sites (tertiary alicyclic amines) is 1. The third kappa shape index (κ3) is 4.36. The van der Waals surface area contributed by atoms with Gasteiger partial charge in [-0.1, -0.05) is 30.3 Å². The number of hydrogen-bond donors (Lipinski definition) is 1. The first-order chi connectivity index (χ1) is 12.6. The van der Waals surface area contributed by atoms with Crippen LogP contribution in [0.4, 0.5) is 9.93 Å². The number of rotatable bonds is 7. The summed E-state index contributed by atoms with van der Waals surface area (Å²) in [6.45, 7) is 9.70. The van der Waals surface area contributed by atoms with Crippen molar-refractivity contribution in [2.24, 2.45) is 0 Å². The topological polar surface area (TPSA) is 100 Å². The lowest BCUT2D eigenvalue weighted by molar-refractivity contribution is 0.193. The number of hydrogen-bond acceptors (Lipinski definition) is 8. The minimum atomic E-state index is -0.199. The SMILES string of the molecule is CCN(CC)CCc1nnc(NC(=O)N2CCCC2c2nc(C)no2)s1. The molecule has 2 aromatic heterocycles. The van der Waals surface area contributed by atoms with Crippen LogP contribution in [0, 0.1) is 6.92 Å². The van der Waals surface area contributed by atoms with Gasteiger partial charge in [0.25, 0.3) is 0 Å². The Balaban J connectivity index is 1.57. The van der Waals surface area contributed by atoms with E-state index in [1.165, 1.54) is 11.3 Å². The van der Waals surface area contributed by atoms with Gasteiger partial charge in [0.1, 0.15) is 11.0 Å². The normalized spacial score (nSPS) is 17.2. The molecule has 2 aromatic rings. The number of amides is 2. The quantitative estimate of drug-likeness (QED) is 0.789. The fourth-order valence-corrected chi connectivity index (χ4v) is 3.80. The summed E-state index contributed by atoms with van der Waals surface area (Å²) < 4.78 is 5.25. The number of carbonyl (C=O) groups excluding carboxylic acids is 1. The van der Waals surface area contributed by atoms with Crippen molar-refractivity contribution in [3.8, 4) is 0 Å². The Morgan fingerprint density at radius 2 is 2.19 bits per heavy atom. The van der Waals surface area contributed by atoms with Crippen LogP contribution in [0.3, 0.4) is 0 Å². The first-order valence-electron chi connectivity index (χ1n) is 9.03. The molecule has 1 atom stereocenters. The molecule has 1 N–H and O–H groups in total. The van der Waals surface area contributed by atoms with Gasteiger partial charge in [-0.05, 0) is 32.9 Å². The summed E-state index contributed by atoms with van der Waals surface area (Å²) in [6.07, 6.45) is 2.56. The molecular weight excluding hydrogens is 354 g/mol. The molecule has 3 rings (SSSR count). The summed E-state index contributed by atoms with van der Waals surface area (Å²) in [5.74, 6) is 1.07. The Morgan fingerprint density at radius 3 is 2.88 bits per heavy atom. The van der Waals surface area contributed by atoms with Crippen molar-refractivity contribution in [2.45, 2.75) is 46.1 Å². The number of aromatic nitrogens is 4. The third-order valence-corrected chi connectivity index (χ3v) is 5.46. The smallest absolute Gasteiger partial charge is 0.324 e. The molecule has 26 heavy (non-hydrogen) atoms. The Morgan fingerprint density at radius 1 is 1.38 bits per heavy atom. The van der Waals surface area contributed by atoms with E-state index >= 15 is 0 Å². The van der Waals surface area contributed by atoms with Gasteiger partial charge in [-0.3, -0.25) is 5.32 Å². The number of nitrogens with zero attached hydrogens (tertiary/aromatic N) is 6. The van der Waals surface area contributed by atoms with E-state index in [4.69, 9.17) is 4.52 Å². The molecule has 0 saturated carbocycles. The highest BCUT2D eigenvalue weighted by atomic mass is 32.1. The number of likely N-dealkylation sites (N-methyl/N-ethyl adjacent to an activating group) is 1. The highest BCUT2D eigenvalue weighted by molar-refractivity contribution is 7.15. The number of aryl methyl sites for hydroxylation is 1. The van der Waals surface area contributed by atoms with Gasteiger partial charge in [0.05, 0.1) is 0 Å². The van der Waals surface area contributed by atoms with E-state index in [9.17, 15) is 4.79 Å². The summed E-state index contributed by atoms with van der Waals surface area (Å²) in [5.41, 5.74) is 0. The molecule has 1 saturated heterocycles. The maximum atomic E-state index is 12.6. The van der Waals surface area contributed by atoms with Crippen molar-refractivity contribution in [1.29, 1.82) is 0 Å². The number of carbonyl (C=O) groups is 1. The summed E-state index contributed by atoms with van der Waals surface area (Å²) >= 11 is 1.43. The zero-order valence-corrected chi connectivity index (χ0v) is 16.3. The molecule has 0 aromatic carbocycles. The van der Waals surface area contributed by atoms with Crippen LogP contribution in [0.15, 0.2) is 4.52 Å². The maximum absolute atomic E-state index is 12.6. The van der Waals surface area contributed by atoms with Gasteiger partial charge in [0.15, 0.2) is 5.82 Å². The fourth-order valence-electron chi connectivity index (χ4n) is 3.08. The molecule has 1 aliphatic rings. The molecular formula is C16H25N7O2S. The van der Waals surface area contributed by atoms with Gasteiger partial charge in [-0.25, -0.2) is 4.79 Å². The first-order valence-corrected chi connectivity index (χ1v) is 9.85. The Hall–Kier alpha value is -2.07. The van der Waals surface area contributed by atoms with Crippen LogP contribution in [0.1, 0.15) is 49.5 Å². The van der Waals surface area contributed by atoms with Crippen LogP contribution in [0.5, 0.6) is 0 Å². The molecule has 1 fully saturated rings. The van der Waals surface area contributed by atoms with Gasteiger partial charge in [0.2, 0.25) is 11.0 Å². The maximum Gasteiger partial charge on any atom is 0.324 e. The summed E-state index contributed by atoms with van der Waals surface area (Å²) in [4.78, 5) is 21.0. The zero-order chi connectivity index (χ0) is 18.5. The van der Waals surface area contributed by atoms with E-state index in [0.29, 0.717) is 23.4 Å². The highest BCUT2D eigenvalue weighted by Crippen LogP contribution is 2.31. The second-order valence-corrected chi connectivity index (χ2v) is 7.30. The van der Waals surface area contributed by atoms with Gasteiger partial charge in [0, 0.05) is 19.5 Å². The lowest BCUT2D eigenvalue weighted by Gasteiger charge is -2.21. The summed E-state index contributed by atoms with van der Waals surface area (Å²) in [7, 11) is 0. The van der Waals surface area contributed by atoms with E-state index in [2.05, 4.69) is 44.4 Å². The summed E-state index contributed by atoms with van der Waals surface area (Å²) in [6, 6.07) is -0.374. The van der Waals surface area contributed by atoms with Gasteiger partial charge in [-0.15, -0.1) is 10.2 Å². The molecule has 0 spiro atoms. The van der Waals surface area contributed by atoms with Gasteiger partial charge >= 0.3 is 6.03 Å². The standard InChI is InChI=1S/C16H25N7O2S/c1-4-22(5-2)10-8-13-19-20-15(26-13)18-16(24)23-9-6-7-12(23)14-17-11(3)21-25-14/h12H,4-10H2,1-3H3,(H,18,20,24). The van der Waals surface area contributed by atoms with Crippen molar-refractivity contribution < 1.29 is 9.32 Å². The zero-order valence-electron chi connectivity index (χ0n) is 15.4. The molecule has 0 aliphatic carbocycles. The van der Waals surface area contributed by atoms with Gasteiger partial charge < -0.3 is 14.3 Å². The summed E-state index contributed by atoms with van der Waals surface area (Å²) in [5, 5.41) is 16.4. The minimum Gasteiger partial charge on any atom is -0.337 e. The van der Waals surface area contributed by atoms with Crippen molar-refractivity contribution in [1.82, 2.24) is 30.1 Å². The van der Waals surface area contributed by atoms with Crippen LogP contribution < -0.4 is 5.32 Å². The number of nitrogens with one attached hydrogen (secondary N) is 1. The minimum absolute atomic E-state index is 0.175. The first kappa shape index (κ1) is 18.7. The Kier molecular flexibility index (Phi) is 6.15. The van der Waals surface area contributed by atoms with Crippen molar-refractivity contribution in [2.75, 3.05) is 31.5 Å². The molecule has 0 radical (unpaired) electrons. The largest absolute Gasteiger partial charge is 0.337 e. The third-order valence-electron chi connectivity index (χ3n) is 4.56. The van der Waals surface area contributed by atoms with E-state index < -0.39 is 0 Å². The lowest BCUT2D eigenvalue weighted by atomic mass is 10.2. The molecule has 10 heteroatoms. The van der Waals surface area contributed by atoms with Crippen molar-refractivity contribution in [3.05, 3.63) is 16.7 Å². The molecule has 1 unspecified atom stereocenters. The second-order valence-electron chi connectivity index (χ2n) is 6.24. The Bertz CT molecular complexity index is 728. The van der Waals surface area contributed by atoms with E-state index in [-0.39, 0.29) is 12.1 Å². The predicted octanol–water partition coefficient (Wildman–Crippen LogP) is 2.48. The van der Waals surface area contributed by atoms with Crippen molar-refractivity contribution >= 4 is 22.5 Å². The monoisotopic (exact) mass is 379 g/mol. The predicted molar refractivity (Wildman–Crippen MR) is 98.1 cm³/mol. The van der Waals surface area contributed by atoms with Crippen LogP contribution in [-0.2, 0) is 6.42 Å². The van der Waals surface area contributed by atoms with E-state index in [0.717, 1.165) is 43.9 Å². The van der Waals surface area contributed by atoms with E-state index in [1.807, 2.05) is 0 Å². The lowest BCUT2D eigenvalue weighted by Crippen LogP contribution is -2.34. The van der Waals surface area contributed by atoms with Gasteiger partial charge in [-0.2, -0.15) is 4.98 Å². The number of urea groups is 1. The second kappa shape index (κ2) is 8.54. The Labute approximate surface area is 156 Å².